The molecule has 6 nitrogen and oxygen atoms in total. The fraction of sp³-hybridized carbons (Fsp3) is 0.250. The first-order valence-corrected chi connectivity index (χ1v) is 6.16. The van der Waals surface area contributed by atoms with Crippen molar-refractivity contribution in [2.45, 2.75) is 12.8 Å². The third-order valence-corrected chi connectivity index (χ3v) is 2.97. The number of H-pyrrole nitrogens is 1. The molecule has 2 rings (SSSR count). The quantitative estimate of drug-likeness (QED) is 0.724. The van der Waals surface area contributed by atoms with Crippen LogP contribution < -0.4 is 11.1 Å². The Labute approximate surface area is 115 Å². The highest BCUT2D eigenvalue weighted by atomic mass is 35.5. The van der Waals surface area contributed by atoms with E-state index in [4.69, 9.17) is 22.6 Å². The Morgan fingerprint density at radius 3 is 3.11 bits per heavy atom. The Kier molecular flexibility index (Phi) is 4.21. The summed E-state index contributed by atoms with van der Waals surface area (Å²) in [6, 6.07) is 3.86. The van der Waals surface area contributed by atoms with E-state index in [2.05, 4.69) is 20.5 Å². The number of anilines is 2. The van der Waals surface area contributed by atoms with Gasteiger partial charge >= 0.3 is 0 Å². The van der Waals surface area contributed by atoms with Gasteiger partial charge in [0.15, 0.2) is 5.82 Å². The predicted octanol–water partition coefficient (Wildman–Crippen LogP) is 1.96. The summed E-state index contributed by atoms with van der Waals surface area (Å²) in [6.07, 6.45) is 4.79. The Balaban J connectivity index is 1.85. The summed E-state index contributed by atoms with van der Waals surface area (Å²) < 4.78 is 0. The predicted molar refractivity (Wildman–Crippen MR) is 73.8 cm³/mol. The summed E-state index contributed by atoms with van der Waals surface area (Å²) in [5.41, 5.74) is 7.61. The van der Waals surface area contributed by atoms with E-state index in [-0.39, 0.29) is 5.82 Å². The first kappa shape index (κ1) is 13.2. The van der Waals surface area contributed by atoms with E-state index in [1.54, 1.807) is 12.4 Å². The number of aromatic nitrogens is 3. The topological polar surface area (TPSA) is 103 Å². The number of aryl methyl sites for hydroxylation is 1. The van der Waals surface area contributed by atoms with Crippen LogP contribution in [0.3, 0.4) is 0 Å². The molecule has 0 saturated heterocycles. The first-order valence-electron chi connectivity index (χ1n) is 5.78. The summed E-state index contributed by atoms with van der Waals surface area (Å²) >= 11 is 5.97. The molecule has 0 unspecified atom stereocenters. The Morgan fingerprint density at radius 2 is 2.37 bits per heavy atom. The van der Waals surface area contributed by atoms with Gasteiger partial charge in [-0.15, -0.1) is 0 Å². The van der Waals surface area contributed by atoms with E-state index in [9.17, 15) is 0 Å². The lowest BCUT2D eigenvalue weighted by molar-refractivity contribution is 0.825. The number of halogens is 1. The van der Waals surface area contributed by atoms with Gasteiger partial charge in [0.25, 0.3) is 0 Å². The maximum Gasteiger partial charge on any atom is 0.163 e. The molecule has 19 heavy (non-hydrogen) atoms. The van der Waals surface area contributed by atoms with Crippen LogP contribution in [0.4, 0.5) is 11.5 Å². The zero-order valence-electron chi connectivity index (χ0n) is 10.2. The molecule has 0 amide bonds. The lowest BCUT2D eigenvalue weighted by atomic mass is 10.1. The van der Waals surface area contributed by atoms with Crippen LogP contribution in [0.5, 0.6) is 0 Å². The number of nitriles is 1. The SMILES string of the molecule is N#Cc1c(N)n[nH]c1CCCNc1ccncc1Cl. The van der Waals surface area contributed by atoms with E-state index in [0.717, 1.165) is 24.3 Å². The Hall–Kier alpha value is -2.26. The van der Waals surface area contributed by atoms with E-state index in [0.29, 0.717) is 17.0 Å². The molecule has 2 aromatic heterocycles. The molecule has 0 bridgehead atoms. The number of nitrogen functional groups attached to an aromatic ring is 1. The zero-order valence-corrected chi connectivity index (χ0v) is 10.9. The van der Waals surface area contributed by atoms with E-state index in [1.165, 1.54) is 0 Å². The molecule has 0 fully saturated rings. The maximum absolute atomic E-state index is 8.93. The number of nitrogens with one attached hydrogen (secondary N) is 2. The molecule has 0 aliphatic heterocycles. The van der Waals surface area contributed by atoms with Crippen LogP contribution in [0.15, 0.2) is 18.5 Å². The highest BCUT2D eigenvalue weighted by Crippen LogP contribution is 2.19. The second-order valence-corrected chi connectivity index (χ2v) is 4.37. The number of nitrogens with zero attached hydrogens (tertiary/aromatic N) is 3. The van der Waals surface area contributed by atoms with E-state index in [1.807, 2.05) is 12.1 Å². The van der Waals surface area contributed by atoms with Crippen molar-refractivity contribution in [2.75, 3.05) is 17.6 Å². The molecule has 7 heteroatoms. The van der Waals surface area contributed by atoms with Gasteiger partial charge in [0.2, 0.25) is 0 Å². The number of aromatic amines is 1. The van der Waals surface area contributed by atoms with Gasteiger partial charge in [-0.25, -0.2) is 0 Å². The van der Waals surface area contributed by atoms with Gasteiger partial charge < -0.3 is 11.1 Å². The molecule has 0 aliphatic rings. The van der Waals surface area contributed by atoms with Crippen LogP contribution in [-0.2, 0) is 6.42 Å². The highest BCUT2D eigenvalue weighted by molar-refractivity contribution is 6.33. The van der Waals surface area contributed by atoms with Crippen LogP contribution >= 0.6 is 11.6 Å². The van der Waals surface area contributed by atoms with Gasteiger partial charge in [0.05, 0.1) is 16.4 Å². The summed E-state index contributed by atoms with van der Waals surface area (Å²) in [6.45, 7) is 0.730. The van der Waals surface area contributed by atoms with Crippen molar-refractivity contribution in [2.24, 2.45) is 0 Å². The molecule has 0 aliphatic carbocycles. The van der Waals surface area contributed by atoms with Crippen LogP contribution in [0, 0.1) is 11.3 Å². The maximum atomic E-state index is 8.93. The second-order valence-electron chi connectivity index (χ2n) is 3.96. The van der Waals surface area contributed by atoms with Crippen molar-refractivity contribution in [1.29, 1.82) is 5.26 Å². The van der Waals surface area contributed by atoms with Crippen LogP contribution in [-0.4, -0.2) is 21.7 Å². The zero-order chi connectivity index (χ0) is 13.7. The Bertz CT molecular complexity index is 601. The fourth-order valence-corrected chi connectivity index (χ4v) is 1.89. The highest BCUT2D eigenvalue weighted by Gasteiger charge is 2.09. The summed E-state index contributed by atoms with van der Waals surface area (Å²) in [4.78, 5) is 3.91. The lowest BCUT2D eigenvalue weighted by Crippen LogP contribution is -2.04. The summed E-state index contributed by atoms with van der Waals surface area (Å²) in [5.74, 6) is 0.252. The van der Waals surface area contributed by atoms with Crippen molar-refractivity contribution in [3.8, 4) is 6.07 Å². The lowest BCUT2D eigenvalue weighted by Gasteiger charge is -2.07. The van der Waals surface area contributed by atoms with Crippen molar-refractivity contribution >= 4 is 23.1 Å². The smallest absolute Gasteiger partial charge is 0.163 e. The molecule has 98 valence electrons. The molecule has 2 heterocycles. The van der Waals surface area contributed by atoms with Gasteiger partial charge in [-0.05, 0) is 18.9 Å². The molecule has 0 aromatic carbocycles. The third kappa shape index (κ3) is 3.14. The molecule has 4 N–H and O–H groups in total. The summed E-state index contributed by atoms with van der Waals surface area (Å²) in [5, 5.41) is 19.3. The monoisotopic (exact) mass is 276 g/mol. The van der Waals surface area contributed by atoms with Crippen molar-refractivity contribution < 1.29 is 0 Å². The van der Waals surface area contributed by atoms with Gasteiger partial charge in [-0.1, -0.05) is 11.6 Å². The number of nitrogens with two attached hydrogens (primary N) is 1. The van der Waals surface area contributed by atoms with Gasteiger partial charge in [0, 0.05) is 18.9 Å². The van der Waals surface area contributed by atoms with Crippen LogP contribution in [0.1, 0.15) is 17.7 Å². The van der Waals surface area contributed by atoms with Crippen LogP contribution in [0.2, 0.25) is 5.02 Å². The first-order chi connectivity index (χ1) is 9.22. The second kappa shape index (κ2) is 6.07. The molecule has 0 atom stereocenters. The third-order valence-electron chi connectivity index (χ3n) is 2.67. The average molecular weight is 277 g/mol. The average Bonchev–Trinajstić information content (AvgIpc) is 2.77. The van der Waals surface area contributed by atoms with E-state index < -0.39 is 0 Å². The molecule has 0 spiro atoms. The molecule has 0 radical (unpaired) electrons. The number of rotatable bonds is 5. The number of hydrogen-bond donors (Lipinski definition) is 3. The minimum Gasteiger partial charge on any atom is -0.384 e. The molecule has 0 saturated carbocycles. The normalized spacial score (nSPS) is 10.1. The largest absolute Gasteiger partial charge is 0.384 e. The van der Waals surface area contributed by atoms with Gasteiger partial charge in [-0.3, -0.25) is 10.1 Å². The standard InChI is InChI=1S/C12H13ClN6/c13-9-7-16-5-3-11(9)17-4-1-2-10-8(6-14)12(15)19-18-10/h3,5,7H,1-2,4H2,(H,16,17)(H3,15,18,19). The molecular weight excluding hydrogens is 264 g/mol. The van der Waals surface area contributed by atoms with Crippen molar-refractivity contribution in [3.05, 3.63) is 34.7 Å². The van der Waals surface area contributed by atoms with Crippen molar-refractivity contribution in [3.63, 3.8) is 0 Å². The number of pyridine rings is 1. The molecule has 2 aromatic rings. The minimum atomic E-state index is 0.252. The van der Waals surface area contributed by atoms with Gasteiger partial charge in [-0.2, -0.15) is 10.4 Å². The van der Waals surface area contributed by atoms with Crippen molar-refractivity contribution in [1.82, 2.24) is 15.2 Å². The minimum absolute atomic E-state index is 0.252. The van der Waals surface area contributed by atoms with Gasteiger partial charge in [0.1, 0.15) is 11.6 Å². The fourth-order valence-electron chi connectivity index (χ4n) is 1.71. The summed E-state index contributed by atoms with van der Waals surface area (Å²) in [7, 11) is 0. The van der Waals surface area contributed by atoms with Crippen LogP contribution in [0.25, 0.3) is 0 Å². The molecular formula is C12H13ClN6. The Morgan fingerprint density at radius 1 is 1.53 bits per heavy atom. The van der Waals surface area contributed by atoms with E-state index >= 15 is 0 Å². The number of hydrogen-bond acceptors (Lipinski definition) is 5.